The normalized spacial score (nSPS) is 10.9. The van der Waals surface area contributed by atoms with Gasteiger partial charge in [-0.05, 0) is 24.3 Å². The molecule has 3 rings (SSSR count). The van der Waals surface area contributed by atoms with E-state index in [1.54, 1.807) is 6.20 Å². The first-order chi connectivity index (χ1) is 8.66. The van der Waals surface area contributed by atoms with Crippen molar-refractivity contribution in [1.82, 2.24) is 15.2 Å². The number of aromatic nitrogens is 3. The lowest BCUT2D eigenvalue weighted by molar-refractivity contribution is 0.100. The van der Waals surface area contributed by atoms with Crippen molar-refractivity contribution in [2.45, 2.75) is 0 Å². The standard InChI is InChI=1S/C12H9FN4O/c13-6-1-2-7(8(5-6)12(14)18)10-11-9(16-17-10)3-4-15-11/h1-5,15H,(H2,14,18)(H,16,17). The summed E-state index contributed by atoms with van der Waals surface area (Å²) in [6.07, 6.45) is 1.75. The highest BCUT2D eigenvalue weighted by atomic mass is 19.1. The third-order valence-corrected chi connectivity index (χ3v) is 2.77. The maximum Gasteiger partial charge on any atom is 0.249 e. The summed E-state index contributed by atoms with van der Waals surface area (Å²) in [6.45, 7) is 0. The molecule has 0 spiro atoms. The highest BCUT2D eigenvalue weighted by molar-refractivity contribution is 6.03. The number of nitrogens with one attached hydrogen (secondary N) is 2. The molecule has 4 N–H and O–H groups in total. The minimum Gasteiger partial charge on any atom is -0.366 e. The van der Waals surface area contributed by atoms with E-state index in [0.717, 1.165) is 17.1 Å². The number of rotatable bonds is 2. The van der Waals surface area contributed by atoms with Gasteiger partial charge in [-0.1, -0.05) is 0 Å². The van der Waals surface area contributed by atoms with E-state index < -0.39 is 11.7 Å². The Morgan fingerprint density at radius 1 is 1.33 bits per heavy atom. The van der Waals surface area contributed by atoms with Crippen molar-refractivity contribution in [3.8, 4) is 11.3 Å². The number of hydrogen-bond acceptors (Lipinski definition) is 2. The Morgan fingerprint density at radius 3 is 2.94 bits per heavy atom. The average Bonchev–Trinajstić information content (AvgIpc) is 2.91. The molecule has 0 unspecified atom stereocenters. The highest BCUT2D eigenvalue weighted by Gasteiger charge is 2.16. The maximum absolute atomic E-state index is 13.2. The first-order valence-corrected chi connectivity index (χ1v) is 5.28. The van der Waals surface area contributed by atoms with Crippen LogP contribution in [0.5, 0.6) is 0 Å². The van der Waals surface area contributed by atoms with Gasteiger partial charge in [-0.3, -0.25) is 9.89 Å². The van der Waals surface area contributed by atoms with Gasteiger partial charge in [0.05, 0.1) is 16.6 Å². The molecule has 0 aliphatic rings. The van der Waals surface area contributed by atoms with E-state index in [-0.39, 0.29) is 5.56 Å². The lowest BCUT2D eigenvalue weighted by Crippen LogP contribution is -2.13. The Labute approximate surface area is 101 Å². The number of aromatic amines is 2. The van der Waals surface area contributed by atoms with E-state index in [9.17, 15) is 9.18 Å². The molecule has 0 radical (unpaired) electrons. The number of amides is 1. The molecule has 6 heteroatoms. The summed E-state index contributed by atoms with van der Waals surface area (Å²) in [7, 11) is 0. The number of nitrogens with two attached hydrogens (primary N) is 1. The van der Waals surface area contributed by atoms with Crippen molar-refractivity contribution in [1.29, 1.82) is 0 Å². The molecule has 0 aliphatic carbocycles. The molecule has 0 bridgehead atoms. The Morgan fingerprint density at radius 2 is 2.17 bits per heavy atom. The first-order valence-electron chi connectivity index (χ1n) is 5.28. The third-order valence-electron chi connectivity index (χ3n) is 2.77. The van der Waals surface area contributed by atoms with E-state index in [0.29, 0.717) is 11.3 Å². The molecule has 1 aromatic carbocycles. The molecule has 3 aromatic rings. The average molecular weight is 244 g/mol. The molecule has 0 aliphatic heterocycles. The van der Waals surface area contributed by atoms with Gasteiger partial charge >= 0.3 is 0 Å². The van der Waals surface area contributed by atoms with Crippen LogP contribution in [0.3, 0.4) is 0 Å². The zero-order valence-corrected chi connectivity index (χ0v) is 9.20. The molecule has 18 heavy (non-hydrogen) atoms. The first kappa shape index (κ1) is 10.5. The molecule has 2 heterocycles. The van der Waals surface area contributed by atoms with E-state index in [4.69, 9.17) is 5.73 Å². The van der Waals surface area contributed by atoms with Gasteiger partial charge in [-0.15, -0.1) is 0 Å². The van der Waals surface area contributed by atoms with Crippen LogP contribution >= 0.6 is 0 Å². The van der Waals surface area contributed by atoms with Crippen molar-refractivity contribution >= 4 is 16.9 Å². The largest absolute Gasteiger partial charge is 0.366 e. The molecule has 1 amide bonds. The predicted octanol–water partition coefficient (Wildman–Crippen LogP) is 1.80. The van der Waals surface area contributed by atoms with E-state index in [1.807, 2.05) is 6.07 Å². The maximum atomic E-state index is 13.2. The van der Waals surface area contributed by atoms with Crippen LogP contribution in [0, 0.1) is 5.82 Å². The minimum atomic E-state index is -0.688. The highest BCUT2D eigenvalue weighted by Crippen LogP contribution is 2.28. The van der Waals surface area contributed by atoms with Crippen LogP contribution in [0.15, 0.2) is 30.5 Å². The third kappa shape index (κ3) is 1.46. The molecular formula is C12H9FN4O. The molecule has 2 aromatic heterocycles. The van der Waals surface area contributed by atoms with Crippen LogP contribution < -0.4 is 5.73 Å². The van der Waals surface area contributed by atoms with E-state index >= 15 is 0 Å². The number of hydrogen-bond donors (Lipinski definition) is 3. The van der Waals surface area contributed by atoms with Gasteiger partial charge in [-0.2, -0.15) is 5.10 Å². The quantitative estimate of drug-likeness (QED) is 0.641. The van der Waals surface area contributed by atoms with Crippen LogP contribution in [-0.2, 0) is 0 Å². The summed E-state index contributed by atoms with van der Waals surface area (Å²) < 4.78 is 13.2. The predicted molar refractivity (Wildman–Crippen MR) is 64.4 cm³/mol. The van der Waals surface area contributed by atoms with Gasteiger partial charge in [0.1, 0.15) is 11.5 Å². The summed E-state index contributed by atoms with van der Waals surface area (Å²) in [5.41, 5.74) is 7.97. The van der Waals surface area contributed by atoms with Crippen molar-refractivity contribution in [3.05, 3.63) is 41.8 Å². The van der Waals surface area contributed by atoms with E-state index in [1.165, 1.54) is 12.1 Å². The Hall–Kier alpha value is -2.63. The number of halogens is 1. The zero-order chi connectivity index (χ0) is 12.7. The Balaban J connectivity index is 2.29. The summed E-state index contributed by atoms with van der Waals surface area (Å²) in [5.74, 6) is -1.20. The summed E-state index contributed by atoms with van der Waals surface area (Å²) in [4.78, 5) is 14.4. The van der Waals surface area contributed by atoms with Crippen LogP contribution in [0.4, 0.5) is 4.39 Å². The number of carbonyl (C=O) groups is 1. The van der Waals surface area contributed by atoms with Gasteiger partial charge in [0.15, 0.2) is 0 Å². The summed E-state index contributed by atoms with van der Waals surface area (Å²) in [6, 6.07) is 5.69. The molecular weight excluding hydrogens is 235 g/mol. The number of carbonyl (C=O) groups excluding carboxylic acids is 1. The van der Waals surface area contributed by atoms with Crippen LogP contribution in [0.2, 0.25) is 0 Å². The number of fused-ring (bicyclic) bond motifs is 1. The van der Waals surface area contributed by atoms with Gasteiger partial charge in [0.25, 0.3) is 0 Å². The van der Waals surface area contributed by atoms with Gasteiger partial charge in [-0.25, -0.2) is 4.39 Å². The topological polar surface area (TPSA) is 87.6 Å². The summed E-state index contributed by atoms with van der Waals surface area (Å²) >= 11 is 0. The molecule has 0 fully saturated rings. The fourth-order valence-corrected chi connectivity index (χ4v) is 1.95. The van der Waals surface area contributed by atoms with E-state index in [2.05, 4.69) is 15.2 Å². The zero-order valence-electron chi connectivity index (χ0n) is 9.20. The van der Waals surface area contributed by atoms with Crippen LogP contribution in [-0.4, -0.2) is 21.1 Å². The molecule has 0 atom stereocenters. The number of primary amides is 1. The minimum absolute atomic E-state index is 0.109. The Bertz CT molecular complexity index is 743. The van der Waals surface area contributed by atoms with Crippen molar-refractivity contribution in [2.75, 3.05) is 0 Å². The number of nitrogens with zero attached hydrogens (tertiary/aromatic N) is 1. The fraction of sp³-hybridized carbons (Fsp3) is 0. The Kier molecular flexibility index (Phi) is 2.16. The number of benzene rings is 1. The lowest BCUT2D eigenvalue weighted by atomic mass is 10.0. The fourth-order valence-electron chi connectivity index (χ4n) is 1.95. The van der Waals surface area contributed by atoms with Gasteiger partial charge < -0.3 is 10.7 Å². The van der Waals surface area contributed by atoms with Crippen LogP contribution in [0.25, 0.3) is 22.3 Å². The second-order valence-corrected chi connectivity index (χ2v) is 3.89. The SMILES string of the molecule is NC(=O)c1cc(F)ccc1-c1n[nH]c2cc[nH]c12. The van der Waals surface area contributed by atoms with Gasteiger partial charge in [0.2, 0.25) is 5.91 Å². The second kappa shape index (κ2) is 3.69. The smallest absolute Gasteiger partial charge is 0.249 e. The molecule has 0 saturated carbocycles. The van der Waals surface area contributed by atoms with Crippen LogP contribution in [0.1, 0.15) is 10.4 Å². The summed E-state index contributed by atoms with van der Waals surface area (Å²) in [5, 5.41) is 6.93. The molecule has 90 valence electrons. The molecule has 5 nitrogen and oxygen atoms in total. The lowest BCUT2D eigenvalue weighted by Gasteiger charge is -2.04. The van der Waals surface area contributed by atoms with Gasteiger partial charge in [0, 0.05) is 11.8 Å². The van der Waals surface area contributed by atoms with Crippen molar-refractivity contribution in [3.63, 3.8) is 0 Å². The van der Waals surface area contributed by atoms with Crippen molar-refractivity contribution in [2.24, 2.45) is 5.73 Å². The molecule has 0 saturated heterocycles. The van der Waals surface area contributed by atoms with Crippen molar-refractivity contribution < 1.29 is 9.18 Å². The second-order valence-electron chi connectivity index (χ2n) is 3.89. The number of H-pyrrole nitrogens is 2. The monoisotopic (exact) mass is 244 g/mol.